The quantitative estimate of drug-likeness (QED) is 0.0347. The van der Waals surface area contributed by atoms with Crippen molar-refractivity contribution in [1.29, 1.82) is 0 Å². The molecule has 19 nitrogen and oxygen atoms in total. The highest BCUT2D eigenvalue weighted by Gasteiger charge is 2.37. The Bertz CT molecular complexity index is 2190. The Morgan fingerprint density at radius 1 is 0.766 bits per heavy atom. The lowest BCUT2D eigenvalue weighted by Crippen LogP contribution is -2.56. The minimum absolute atomic E-state index is 0.0409. The second-order valence-electron chi connectivity index (χ2n) is 15.8. The number of aliphatic imine (C=N–C) groups is 1. The van der Waals surface area contributed by atoms with Gasteiger partial charge in [0, 0.05) is 26.4 Å². The summed E-state index contributed by atoms with van der Waals surface area (Å²) in [7, 11) is 0. The first-order chi connectivity index (χ1) is 30.6. The zero-order chi connectivity index (χ0) is 46.8. The number of carbonyl (C=O) groups is 8. The van der Waals surface area contributed by atoms with Gasteiger partial charge < -0.3 is 54.0 Å². The fourth-order valence-corrected chi connectivity index (χ4v) is 7.29. The van der Waals surface area contributed by atoms with Gasteiger partial charge in [-0.25, -0.2) is 0 Å². The largest absolute Gasteiger partial charge is 0.370 e. The summed E-state index contributed by atoms with van der Waals surface area (Å²) in [4.78, 5) is 111. The van der Waals surface area contributed by atoms with E-state index in [1.807, 2.05) is 49.4 Å². The third kappa shape index (κ3) is 15.1. The number of fused-ring (bicyclic) bond motifs is 2. The van der Waals surface area contributed by atoms with Gasteiger partial charge in [0.25, 0.3) is 5.91 Å². The molecule has 1 heterocycles. The van der Waals surface area contributed by atoms with Gasteiger partial charge in [-0.15, -0.1) is 0 Å². The average molecular weight is 884 g/mol. The molecule has 0 aliphatic carbocycles. The van der Waals surface area contributed by atoms with E-state index in [0.29, 0.717) is 25.7 Å². The third-order valence-electron chi connectivity index (χ3n) is 10.7. The summed E-state index contributed by atoms with van der Waals surface area (Å²) >= 11 is 0. The van der Waals surface area contributed by atoms with E-state index >= 15 is 0 Å². The van der Waals surface area contributed by atoms with Crippen molar-refractivity contribution in [3.05, 3.63) is 77.9 Å². The molecule has 0 saturated heterocycles. The SMILES string of the molecule is CCCC[C@H](NC(C)=O)C(=O)N[C@@H](C)C(=O)NCCCC[C@H]1C(=O)Nc2ccccc2C(=O)N1CC(=O)N[C@@H](CCCN=C(N)N)C(=O)N[C@@H](Cc1ccc2ccccc2c1)C(N)=O. The van der Waals surface area contributed by atoms with E-state index in [1.54, 1.807) is 18.2 Å². The van der Waals surface area contributed by atoms with Crippen LogP contribution in [-0.4, -0.2) is 108 Å². The summed E-state index contributed by atoms with van der Waals surface area (Å²) in [6.07, 6.45) is 3.16. The topological polar surface area (TPSA) is 302 Å². The number of primary amides is 1. The van der Waals surface area contributed by atoms with E-state index in [0.717, 1.165) is 27.7 Å². The van der Waals surface area contributed by atoms with Crippen LogP contribution >= 0.6 is 0 Å². The first-order valence-electron chi connectivity index (χ1n) is 21.6. The van der Waals surface area contributed by atoms with Crippen LogP contribution in [0.25, 0.3) is 10.8 Å². The molecule has 12 N–H and O–H groups in total. The fourth-order valence-electron chi connectivity index (χ4n) is 7.29. The van der Waals surface area contributed by atoms with Gasteiger partial charge in [-0.1, -0.05) is 74.4 Å². The highest BCUT2D eigenvalue weighted by molar-refractivity contribution is 6.10. The van der Waals surface area contributed by atoms with Crippen molar-refractivity contribution in [1.82, 2.24) is 31.5 Å². The van der Waals surface area contributed by atoms with E-state index in [4.69, 9.17) is 17.2 Å². The number of hydrogen-bond acceptors (Lipinski definition) is 9. The molecule has 0 bridgehead atoms. The number of para-hydroxylation sites is 1. The van der Waals surface area contributed by atoms with Gasteiger partial charge in [-0.3, -0.25) is 43.3 Å². The maximum atomic E-state index is 14.1. The number of nitrogens with two attached hydrogens (primary N) is 3. The normalized spacial score (nSPS) is 15.2. The molecule has 344 valence electrons. The lowest BCUT2D eigenvalue weighted by molar-refractivity contribution is -0.132. The van der Waals surface area contributed by atoms with Crippen LogP contribution in [0.4, 0.5) is 5.69 Å². The van der Waals surface area contributed by atoms with Crippen LogP contribution in [0.15, 0.2) is 71.7 Å². The van der Waals surface area contributed by atoms with E-state index in [9.17, 15) is 38.4 Å². The predicted octanol–water partition coefficient (Wildman–Crippen LogP) is 0.840. The molecule has 19 heteroatoms. The summed E-state index contributed by atoms with van der Waals surface area (Å²) in [6, 6.07) is 14.6. The van der Waals surface area contributed by atoms with E-state index in [1.165, 1.54) is 19.9 Å². The Labute approximate surface area is 372 Å². The van der Waals surface area contributed by atoms with Crippen LogP contribution < -0.4 is 49.1 Å². The second kappa shape index (κ2) is 24.6. The zero-order valence-corrected chi connectivity index (χ0v) is 36.6. The predicted molar refractivity (Wildman–Crippen MR) is 242 cm³/mol. The van der Waals surface area contributed by atoms with E-state index < -0.39 is 78.1 Å². The molecule has 5 atom stereocenters. The molecule has 0 fully saturated rings. The van der Waals surface area contributed by atoms with Crippen LogP contribution in [0.2, 0.25) is 0 Å². The monoisotopic (exact) mass is 883 g/mol. The second-order valence-corrected chi connectivity index (χ2v) is 15.8. The Morgan fingerprint density at radius 3 is 2.14 bits per heavy atom. The van der Waals surface area contributed by atoms with Crippen molar-refractivity contribution in [2.75, 3.05) is 25.0 Å². The Balaban J connectivity index is 1.43. The maximum Gasteiger partial charge on any atom is 0.257 e. The van der Waals surface area contributed by atoms with Gasteiger partial charge >= 0.3 is 0 Å². The Kier molecular flexibility index (Phi) is 19.0. The minimum Gasteiger partial charge on any atom is -0.370 e. The molecule has 0 saturated carbocycles. The van der Waals surface area contributed by atoms with Gasteiger partial charge in [-0.2, -0.15) is 0 Å². The van der Waals surface area contributed by atoms with Gasteiger partial charge in [0.15, 0.2) is 5.96 Å². The summed E-state index contributed by atoms with van der Waals surface area (Å²) < 4.78 is 0. The summed E-state index contributed by atoms with van der Waals surface area (Å²) in [5, 5.41) is 18.1. The van der Waals surface area contributed by atoms with Gasteiger partial charge in [0.1, 0.15) is 36.8 Å². The van der Waals surface area contributed by atoms with Crippen LogP contribution in [0.5, 0.6) is 0 Å². The van der Waals surface area contributed by atoms with E-state index in [2.05, 4.69) is 36.9 Å². The summed E-state index contributed by atoms with van der Waals surface area (Å²) in [6.45, 7) is 4.51. The van der Waals surface area contributed by atoms with E-state index in [-0.39, 0.29) is 61.9 Å². The van der Waals surface area contributed by atoms with Crippen LogP contribution in [0.3, 0.4) is 0 Å². The summed E-state index contributed by atoms with van der Waals surface area (Å²) in [5.74, 6) is -4.80. The number of carbonyl (C=O) groups excluding carboxylic acids is 8. The molecule has 0 radical (unpaired) electrons. The molecule has 64 heavy (non-hydrogen) atoms. The third-order valence-corrected chi connectivity index (χ3v) is 10.7. The number of anilines is 1. The molecule has 0 spiro atoms. The lowest BCUT2D eigenvalue weighted by atomic mass is 10.0. The van der Waals surface area contributed by atoms with Crippen molar-refractivity contribution in [3.63, 3.8) is 0 Å². The number of nitrogens with one attached hydrogen (secondary N) is 6. The molecule has 8 amide bonds. The highest BCUT2D eigenvalue weighted by atomic mass is 16.2. The van der Waals surface area contributed by atoms with Gasteiger partial charge in [0.2, 0.25) is 41.4 Å². The maximum absolute atomic E-state index is 14.1. The van der Waals surface area contributed by atoms with Crippen LogP contribution in [-0.2, 0) is 40.0 Å². The van der Waals surface area contributed by atoms with Gasteiger partial charge in [-0.05, 0) is 73.9 Å². The number of unbranched alkanes of at least 4 members (excludes halogenated alkanes) is 2. The lowest BCUT2D eigenvalue weighted by Gasteiger charge is -2.29. The molecule has 0 unspecified atom stereocenters. The fraction of sp³-hybridized carbons (Fsp3) is 0.444. The number of benzene rings is 3. The van der Waals surface area contributed by atoms with Crippen molar-refractivity contribution >= 4 is 69.7 Å². The van der Waals surface area contributed by atoms with Crippen molar-refractivity contribution in [3.8, 4) is 0 Å². The van der Waals surface area contributed by atoms with Crippen molar-refractivity contribution in [2.45, 2.75) is 109 Å². The number of hydrogen-bond donors (Lipinski definition) is 9. The Hall–Kier alpha value is -7.05. The molecular weight excluding hydrogens is 823 g/mol. The number of nitrogens with zero attached hydrogens (tertiary/aromatic N) is 2. The molecule has 1 aliphatic heterocycles. The van der Waals surface area contributed by atoms with Crippen LogP contribution in [0.1, 0.15) is 88.1 Å². The Morgan fingerprint density at radius 2 is 1.44 bits per heavy atom. The molecule has 3 aromatic carbocycles. The van der Waals surface area contributed by atoms with Crippen molar-refractivity contribution in [2.24, 2.45) is 22.2 Å². The van der Waals surface area contributed by atoms with Crippen LogP contribution in [0, 0.1) is 0 Å². The smallest absolute Gasteiger partial charge is 0.257 e. The number of rotatable bonds is 24. The molecule has 4 rings (SSSR count). The number of guanidine groups is 1. The van der Waals surface area contributed by atoms with Gasteiger partial charge in [0.05, 0.1) is 11.3 Å². The summed E-state index contributed by atoms with van der Waals surface area (Å²) in [5.41, 5.74) is 17.9. The standard InChI is InChI=1S/C45H61N11O8/c1-4-5-16-34(52-28(3)57)41(61)51-27(2)40(60)49-22-11-10-19-37-43(63)54-33-17-9-8-15-32(33)44(64)56(37)26-38(58)53-35(18-12-23-50-45(47)48)42(62)55-36(39(46)59)25-29-20-21-30-13-6-7-14-31(30)24-29/h6-9,13-15,17,20-21,24,27,34-37H,4-5,10-12,16,18-19,22-23,25-26H2,1-3H3,(H2,46,59)(H,49,60)(H,51,61)(H,52,57)(H,53,58)(H,54,63)(H,55,62)(H4,47,48,50)/t27-,34-,35-,36-,37-/m0/s1. The highest BCUT2D eigenvalue weighted by Crippen LogP contribution is 2.25. The molecule has 1 aliphatic rings. The zero-order valence-electron chi connectivity index (χ0n) is 36.6. The molecule has 0 aromatic heterocycles. The minimum atomic E-state index is -1.22. The van der Waals surface area contributed by atoms with Crippen molar-refractivity contribution < 1.29 is 38.4 Å². The molecule has 3 aromatic rings. The molecular formula is C45H61N11O8. The average Bonchev–Trinajstić information content (AvgIpc) is 3.34. The first kappa shape index (κ1) is 49.6. The number of amides is 8. The first-order valence-corrected chi connectivity index (χ1v) is 21.6.